The van der Waals surface area contributed by atoms with Gasteiger partial charge in [0.1, 0.15) is 17.1 Å². The number of methoxy groups -OCH3 is 1. The molecule has 3 aromatic carbocycles. The molecule has 0 amide bonds. The third-order valence-electron chi connectivity index (χ3n) is 4.78. The first kappa shape index (κ1) is 19.0. The number of esters is 1. The van der Waals surface area contributed by atoms with Gasteiger partial charge in [0.05, 0.1) is 17.7 Å². The fraction of sp³-hybridized carbons (Fsp3) is 0.136. The third kappa shape index (κ3) is 3.56. The summed E-state index contributed by atoms with van der Waals surface area (Å²) >= 11 is 0. The second kappa shape index (κ2) is 7.60. The first-order chi connectivity index (χ1) is 14.0. The average molecular weight is 409 g/mol. The zero-order valence-electron chi connectivity index (χ0n) is 15.7. The maximum absolute atomic E-state index is 13.3. The maximum atomic E-state index is 13.3. The predicted octanol–water partition coefficient (Wildman–Crippen LogP) is 3.67. The summed E-state index contributed by atoms with van der Waals surface area (Å²) < 4.78 is 38.5. The van der Waals surface area contributed by atoms with Crippen molar-refractivity contribution in [1.82, 2.24) is 0 Å². The number of fused-ring (bicyclic) bond motifs is 1. The minimum absolute atomic E-state index is 0.00927. The molecule has 1 heterocycles. The van der Waals surface area contributed by atoms with Gasteiger partial charge in [-0.2, -0.15) is 0 Å². The lowest BCUT2D eigenvalue weighted by atomic mass is 10.2. The van der Waals surface area contributed by atoms with Crippen LogP contribution in [0.25, 0.3) is 0 Å². The fourth-order valence-electron chi connectivity index (χ4n) is 3.34. The molecule has 0 saturated carbocycles. The molecule has 1 aliphatic rings. The van der Waals surface area contributed by atoms with E-state index in [1.807, 2.05) is 18.2 Å². The van der Waals surface area contributed by atoms with E-state index in [0.29, 0.717) is 24.4 Å². The highest BCUT2D eigenvalue weighted by molar-refractivity contribution is 7.92. The summed E-state index contributed by atoms with van der Waals surface area (Å²) in [5, 5.41) is 0. The van der Waals surface area contributed by atoms with Gasteiger partial charge in [0.15, 0.2) is 0 Å². The molecule has 0 atom stereocenters. The van der Waals surface area contributed by atoms with Crippen LogP contribution in [0.2, 0.25) is 0 Å². The number of para-hydroxylation sites is 2. The molecule has 29 heavy (non-hydrogen) atoms. The Kier molecular flexibility index (Phi) is 4.98. The minimum atomic E-state index is -3.84. The number of benzene rings is 3. The van der Waals surface area contributed by atoms with Crippen LogP contribution in [0.3, 0.4) is 0 Å². The Morgan fingerprint density at radius 2 is 1.69 bits per heavy atom. The van der Waals surface area contributed by atoms with Crippen LogP contribution in [0, 0.1) is 0 Å². The van der Waals surface area contributed by atoms with Crippen LogP contribution in [0.4, 0.5) is 5.69 Å². The van der Waals surface area contributed by atoms with Crippen molar-refractivity contribution in [2.24, 2.45) is 0 Å². The lowest BCUT2D eigenvalue weighted by molar-refractivity contribution is 0.0731. The molecule has 6 nitrogen and oxygen atoms in total. The Labute approximate surface area is 169 Å². The van der Waals surface area contributed by atoms with Gasteiger partial charge in [-0.1, -0.05) is 36.4 Å². The molecule has 0 fully saturated rings. The first-order valence-electron chi connectivity index (χ1n) is 9.06. The van der Waals surface area contributed by atoms with E-state index in [4.69, 9.17) is 9.47 Å². The Morgan fingerprint density at radius 3 is 2.45 bits per heavy atom. The number of sulfonamides is 1. The number of nitrogens with zero attached hydrogens (tertiary/aromatic N) is 1. The molecule has 0 radical (unpaired) electrons. The van der Waals surface area contributed by atoms with Gasteiger partial charge in [-0.15, -0.1) is 0 Å². The van der Waals surface area contributed by atoms with Crippen molar-refractivity contribution in [1.29, 1.82) is 0 Å². The lowest BCUT2D eigenvalue weighted by Crippen LogP contribution is -2.29. The molecular weight excluding hydrogens is 390 g/mol. The molecule has 0 N–H and O–H groups in total. The van der Waals surface area contributed by atoms with E-state index in [1.54, 1.807) is 36.4 Å². The highest BCUT2D eigenvalue weighted by atomic mass is 32.2. The highest BCUT2D eigenvalue weighted by Gasteiger charge is 2.31. The number of hydrogen-bond acceptors (Lipinski definition) is 5. The van der Waals surface area contributed by atoms with Crippen molar-refractivity contribution < 1.29 is 22.7 Å². The normalized spacial score (nSPS) is 13.1. The number of carbonyl (C=O) groups is 1. The topological polar surface area (TPSA) is 72.9 Å². The van der Waals surface area contributed by atoms with Crippen molar-refractivity contribution in [3.8, 4) is 11.5 Å². The minimum Gasteiger partial charge on any atom is -0.496 e. The summed E-state index contributed by atoms with van der Waals surface area (Å²) in [6.07, 6.45) is 0.647. The molecule has 0 spiro atoms. The highest BCUT2D eigenvalue weighted by Crippen LogP contribution is 2.34. The number of carbonyl (C=O) groups excluding carboxylic acids is 1. The number of ether oxygens (including phenoxy) is 2. The first-order valence-corrected chi connectivity index (χ1v) is 10.5. The zero-order valence-corrected chi connectivity index (χ0v) is 16.6. The van der Waals surface area contributed by atoms with E-state index < -0.39 is 16.0 Å². The smallest absolute Gasteiger partial charge is 0.347 e. The lowest BCUT2D eigenvalue weighted by Gasteiger charge is -2.20. The van der Waals surface area contributed by atoms with Crippen molar-refractivity contribution in [2.75, 3.05) is 18.0 Å². The second-order valence-electron chi connectivity index (χ2n) is 6.52. The molecule has 1 aliphatic heterocycles. The number of rotatable bonds is 5. The van der Waals surface area contributed by atoms with Crippen LogP contribution in [0.5, 0.6) is 11.5 Å². The van der Waals surface area contributed by atoms with Crippen LogP contribution in [-0.4, -0.2) is 28.0 Å². The molecule has 0 unspecified atom stereocenters. The van der Waals surface area contributed by atoms with Gasteiger partial charge in [0.2, 0.25) is 0 Å². The quantitative estimate of drug-likeness (QED) is 0.475. The third-order valence-corrected chi connectivity index (χ3v) is 6.59. The Hall–Kier alpha value is -3.32. The predicted molar refractivity (Wildman–Crippen MR) is 109 cm³/mol. The Bertz CT molecular complexity index is 1160. The van der Waals surface area contributed by atoms with Gasteiger partial charge in [0, 0.05) is 6.54 Å². The molecule has 0 bridgehead atoms. The van der Waals surface area contributed by atoms with Crippen LogP contribution < -0.4 is 13.8 Å². The van der Waals surface area contributed by atoms with E-state index in [0.717, 1.165) is 5.56 Å². The van der Waals surface area contributed by atoms with E-state index in [-0.39, 0.29) is 16.2 Å². The standard InChI is InChI=1S/C22H19NO5S/c1-27-21-12-11-18(15-19(21)22(24)28-17-8-3-2-4-9-17)29(25,26)23-14-13-16-7-5-6-10-20(16)23/h2-12,15H,13-14H2,1H3. The summed E-state index contributed by atoms with van der Waals surface area (Å²) in [5.41, 5.74) is 1.69. The van der Waals surface area contributed by atoms with Crippen LogP contribution in [0.15, 0.2) is 77.7 Å². The van der Waals surface area contributed by atoms with Crippen molar-refractivity contribution in [3.63, 3.8) is 0 Å². The summed E-state index contributed by atoms with van der Waals surface area (Å²) in [7, 11) is -2.42. The van der Waals surface area contributed by atoms with Crippen LogP contribution in [0.1, 0.15) is 15.9 Å². The van der Waals surface area contributed by atoms with Gasteiger partial charge in [-0.25, -0.2) is 13.2 Å². The van der Waals surface area contributed by atoms with Gasteiger partial charge in [0.25, 0.3) is 10.0 Å². The molecule has 3 aromatic rings. The van der Waals surface area contributed by atoms with Gasteiger partial charge >= 0.3 is 5.97 Å². The second-order valence-corrected chi connectivity index (χ2v) is 8.38. The molecule has 4 rings (SSSR count). The van der Waals surface area contributed by atoms with Gasteiger partial charge in [-0.3, -0.25) is 4.31 Å². The van der Waals surface area contributed by atoms with E-state index in [1.165, 1.54) is 29.6 Å². The monoisotopic (exact) mass is 409 g/mol. The van der Waals surface area contributed by atoms with Crippen molar-refractivity contribution in [3.05, 3.63) is 83.9 Å². The van der Waals surface area contributed by atoms with Crippen molar-refractivity contribution in [2.45, 2.75) is 11.3 Å². The summed E-state index contributed by atoms with van der Waals surface area (Å²) in [6.45, 7) is 0.359. The Balaban J connectivity index is 1.70. The van der Waals surface area contributed by atoms with Crippen LogP contribution >= 0.6 is 0 Å². The summed E-state index contributed by atoms with van der Waals surface area (Å²) in [4.78, 5) is 12.7. The van der Waals surface area contributed by atoms with E-state index >= 15 is 0 Å². The zero-order chi connectivity index (χ0) is 20.4. The molecule has 7 heteroatoms. The largest absolute Gasteiger partial charge is 0.496 e. The van der Waals surface area contributed by atoms with E-state index in [2.05, 4.69) is 0 Å². The number of anilines is 1. The van der Waals surface area contributed by atoms with Gasteiger partial charge < -0.3 is 9.47 Å². The average Bonchev–Trinajstić information content (AvgIpc) is 3.19. The molecule has 0 aromatic heterocycles. The van der Waals surface area contributed by atoms with Crippen LogP contribution in [-0.2, 0) is 16.4 Å². The maximum Gasteiger partial charge on any atom is 0.347 e. The molecule has 148 valence electrons. The summed E-state index contributed by atoms with van der Waals surface area (Å²) in [5.74, 6) is -0.0834. The molecule has 0 aliphatic carbocycles. The number of hydrogen-bond donors (Lipinski definition) is 0. The van der Waals surface area contributed by atoms with Crippen molar-refractivity contribution >= 4 is 21.7 Å². The van der Waals surface area contributed by atoms with E-state index in [9.17, 15) is 13.2 Å². The Morgan fingerprint density at radius 1 is 0.966 bits per heavy atom. The molecular formula is C22H19NO5S. The van der Waals surface area contributed by atoms with Gasteiger partial charge in [-0.05, 0) is 48.4 Å². The fourth-order valence-corrected chi connectivity index (χ4v) is 4.87. The SMILES string of the molecule is COc1ccc(S(=O)(=O)N2CCc3ccccc32)cc1C(=O)Oc1ccccc1. The summed E-state index contributed by atoms with van der Waals surface area (Å²) in [6, 6.07) is 20.2. The molecule has 0 saturated heterocycles.